The summed E-state index contributed by atoms with van der Waals surface area (Å²) >= 11 is 0. The number of carbonyl (C=O) groups excluding carboxylic acids is 1. The van der Waals surface area contributed by atoms with Crippen molar-refractivity contribution < 1.29 is 4.79 Å². The van der Waals surface area contributed by atoms with Gasteiger partial charge in [-0.1, -0.05) is 0 Å². The highest BCUT2D eigenvalue weighted by Crippen LogP contribution is 2.18. The van der Waals surface area contributed by atoms with E-state index in [1.54, 1.807) is 10.9 Å². The van der Waals surface area contributed by atoms with Gasteiger partial charge in [0.15, 0.2) is 0 Å². The van der Waals surface area contributed by atoms with Gasteiger partial charge in [-0.05, 0) is 12.8 Å². The number of hydrogen-bond acceptors (Lipinski definition) is 3. The van der Waals surface area contributed by atoms with Crippen LogP contribution in [0.4, 0.5) is 0 Å². The van der Waals surface area contributed by atoms with Crippen LogP contribution in [0.3, 0.4) is 0 Å². The Morgan fingerprint density at radius 2 is 2.50 bits per heavy atom. The zero-order chi connectivity index (χ0) is 9.97. The van der Waals surface area contributed by atoms with E-state index in [-0.39, 0.29) is 12.5 Å². The second-order valence-corrected chi connectivity index (χ2v) is 3.66. The first kappa shape index (κ1) is 9.21. The number of rotatable bonds is 5. The third-order valence-electron chi connectivity index (χ3n) is 2.17. The van der Waals surface area contributed by atoms with Crippen LogP contribution in [-0.4, -0.2) is 21.5 Å². The van der Waals surface area contributed by atoms with E-state index in [4.69, 9.17) is 5.73 Å². The zero-order valence-electron chi connectivity index (χ0n) is 7.94. The van der Waals surface area contributed by atoms with Crippen molar-refractivity contribution in [2.75, 3.05) is 0 Å². The number of hydrogen-bond donors (Lipinski definition) is 2. The maximum atomic E-state index is 10.6. The van der Waals surface area contributed by atoms with Crippen molar-refractivity contribution in [2.24, 2.45) is 5.73 Å². The largest absolute Gasteiger partial charge is 0.368 e. The Kier molecular flexibility index (Phi) is 2.49. The fourth-order valence-electron chi connectivity index (χ4n) is 1.30. The summed E-state index contributed by atoms with van der Waals surface area (Å²) in [6.45, 7) is 0.979. The van der Waals surface area contributed by atoms with Gasteiger partial charge in [-0.3, -0.25) is 4.79 Å². The molecule has 5 heteroatoms. The Morgan fingerprint density at radius 1 is 1.71 bits per heavy atom. The maximum Gasteiger partial charge on any atom is 0.237 e. The van der Waals surface area contributed by atoms with Crippen molar-refractivity contribution in [3.8, 4) is 0 Å². The van der Waals surface area contributed by atoms with Gasteiger partial charge in [-0.25, -0.2) is 4.98 Å². The summed E-state index contributed by atoms with van der Waals surface area (Å²) in [5.41, 5.74) is 6.02. The molecule has 14 heavy (non-hydrogen) atoms. The average molecular weight is 194 g/mol. The van der Waals surface area contributed by atoms with E-state index in [1.807, 2.05) is 6.20 Å². The van der Waals surface area contributed by atoms with Crippen molar-refractivity contribution >= 4 is 5.91 Å². The van der Waals surface area contributed by atoms with Gasteiger partial charge in [0.05, 0.1) is 12.0 Å². The van der Waals surface area contributed by atoms with Crippen LogP contribution in [0.2, 0.25) is 0 Å². The molecule has 0 aromatic carbocycles. The monoisotopic (exact) mass is 194 g/mol. The summed E-state index contributed by atoms with van der Waals surface area (Å²) in [6, 6.07) is 0.677. The second kappa shape index (κ2) is 3.79. The summed E-state index contributed by atoms with van der Waals surface area (Å²) in [7, 11) is 0. The van der Waals surface area contributed by atoms with Gasteiger partial charge in [-0.15, -0.1) is 0 Å². The molecule has 1 amide bonds. The van der Waals surface area contributed by atoms with Gasteiger partial charge in [-0.2, -0.15) is 0 Å². The molecular weight excluding hydrogens is 180 g/mol. The normalized spacial score (nSPS) is 15.7. The quantitative estimate of drug-likeness (QED) is 0.671. The molecule has 2 rings (SSSR count). The molecule has 1 aromatic heterocycles. The molecular formula is C9H14N4O. The Bertz CT molecular complexity index is 329. The number of aromatic nitrogens is 2. The van der Waals surface area contributed by atoms with Gasteiger partial charge < -0.3 is 15.6 Å². The van der Waals surface area contributed by atoms with E-state index in [0.717, 1.165) is 12.2 Å². The molecule has 0 saturated heterocycles. The van der Waals surface area contributed by atoms with E-state index < -0.39 is 0 Å². The van der Waals surface area contributed by atoms with E-state index in [2.05, 4.69) is 10.3 Å². The molecule has 0 radical (unpaired) electrons. The molecule has 0 spiro atoms. The Balaban J connectivity index is 1.84. The van der Waals surface area contributed by atoms with Crippen LogP contribution in [0.25, 0.3) is 0 Å². The van der Waals surface area contributed by atoms with Crippen LogP contribution in [-0.2, 0) is 17.9 Å². The van der Waals surface area contributed by atoms with Gasteiger partial charge in [0, 0.05) is 18.8 Å². The minimum absolute atomic E-state index is 0.205. The predicted octanol–water partition coefficient (Wildman–Crippen LogP) is -0.380. The van der Waals surface area contributed by atoms with Crippen molar-refractivity contribution in [3.05, 3.63) is 18.2 Å². The lowest BCUT2D eigenvalue weighted by Gasteiger charge is -1.97. The SMILES string of the molecule is NC(=O)Cn1cnc(CNC2CC2)c1. The molecule has 3 N–H and O–H groups in total. The van der Waals surface area contributed by atoms with Gasteiger partial charge >= 0.3 is 0 Å². The first-order valence-electron chi connectivity index (χ1n) is 4.76. The number of primary amides is 1. The van der Waals surface area contributed by atoms with Crippen molar-refractivity contribution in [1.29, 1.82) is 0 Å². The second-order valence-electron chi connectivity index (χ2n) is 3.66. The molecule has 1 aliphatic carbocycles. The van der Waals surface area contributed by atoms with Crippen LogP contribution in [0.5, 0.6) is 0 Å². The smallest absolute Gasteiger partial charge is 0.237 e. The highest BCUT2D eigenvalue weighted by molar-refractivity contribution is 5.73. The Morgan fingerprint density at radius 3 is 3.14 bits per heavy atom. The number of nitrogens with one attached hydrogen (secondary N) is 1. The summed E-state index contributed by atoms with van der Waals surface area (Å²) < 4.78 is 1.70. The zero-order valence-corrected chi connectivity index (χ0v) is 7.94. The molecule has 76 valence electrons. The summed E-state index contributed by atoms with van der Waals surface area (Å²) in [6.07, 6.45) is 6.01. The minimum Gasteiger partial charge on any atom is -0.368 e. The van der Waals surface area contributed by atoms with E-state index in [9.17, 15) is 4.79 Å². The lowest BCUT2D eigenvalue weighted by atomic mass is 10.4. The van der Waals surface area contributed by atoms with Crippen LogP contribution < -0.4 is 11.1 Å². The third-order valence-corrected chi connectivity index (χ3v) is 2.17. The number of amides is 1. The van der Waals surface area contributed by atoms with Crippen LogP contribution >= 0.6 is 0 Å². The number of nitrogens with zero attached hydrogens (tertiary/aromatic N) is 2. The first-order valence-corrected chi connectivity index (χ1v) is 4.76. The molecule has 1 aliphatic rings. The van der Waals surface area contributed by atoms with Crippen LogP contribution in [0, 0.1) is 0 Å². The first-order chi connectivity index (χ1) is 6.74. The van der Waals surface area contributed by atoms with Crippen molar-refractivity contribution in [3.63, 3.8) is 0 Å². The standard InChI is InChI=1S/C9H14N4O/c10-9(14)5-13-4-8(12-6-13)3-11-7-1-2-7/h4,6-7,11H,1-3,5H2,(H2,10,14). The van der Waals surface area contributed by atoms with Crippen molar-refractivity contribution in [1.82, 2.24) is 14.9 Å². The maximum absolute atomic E-state index is 10.6. The lowest BCUT2D eigenvalue weighted by Crippen LogP contribution is -2.18. The van der Waals surface area contributed by atoms with E-state index >= 15 is 0 Å². The highest BCUT2D eigenvalue weighted by atomic mass is 16.1. The molecule has 5 nitrogen and oxygen atoms in total. The molecule has 0 unspecified atom stereocenters. The fourth-order valence-corrected chi connectivity index (χ4v) is 1.30. The summed E-state index contributed by atoms with van der Waals surface area (Å²) in [5, 5.41) is 3.35. The number of nitrogens with two attached hydrogens (primary N) is 1. The molecule has 0 aliphatic heterocycles. The predicted molar refractivity (Wildman–Crippen MR) is 51.3 cm³/mol. The number of imidazole rings is 1. The van der Waals surface area contributed by atoms with E-state index in [0.29, 0.717) is 6.04 Å². The molecule has 0 bridgehead atoms. The van der Waals surface area contributed by atoms with Gasteiger partial charge in [0.2, 0.25) is 5.91 Å². The van der Waals surface area contributed by atoms with Crippen LogP contribution in [0.1, 0.15) is 18.5 Å². The molecule has 0 atom stereocenters. The summed E-state index contributed by atoms with van der Waals surface area (Å²) in [4.78, 5) is 14.8. The topological polar surface area (TPSA) is 72.9 Å². The summed E-state index contributed by atoms with van der Waals surface area (Å²) in [5.74, 6) is -0.343. The lowest BCUT2D eigenvalue weighted by molar-refractivity contribution is -0.118. The fraction of sp³-hybridized carbons (Fsp3) is 0.556. The highest BCUT2D eigenvalue weighted by Gasteiger charge is 2.20. The molecule has 1 heterocycles. The third kappa shape index (κ3) is 2.56. The minimum atomic E-state index is -0.343. The molecule has 1 fully saturated rings. The average Bonchev–Trinajstić information content (AvgIpc) is 2.84. The van der Waals surface area contributed by atoms with E-state index in [1.165, 1.54) is 12.8 Å². The van der Waals surface area contributed by atoms with Crippen molar-refractivity contribution in [2.45, 2.75) is 32.0 Å². The molecule has 1 saturated carbocycles. The van der Waals surface area contributed by atoms with Gasteiger partial charge in [0.25, 0.3) is 0 Å². The molecule has 1 aromatic rings. The Hall–Kier alpha value is -1.36. The van der Waals surface area contributed by atoms with Crippen LogP contribution in [0.15, 0.2) is 12.5 Å². The van der Waals surface area contributed by atoms with Gasteiger partial charge in [0.1, 0.15) is 6.54 Å². The number of carbonyl (C=O) groups is 1. The Labute approximate surface area is 82.3 Å².